The maximum absolute atomic E-state index is 5.98. The third-order valence-electron chi connectivity index (χ3n) is 4.78. The van der Waals surface area contributed by atoms with E-state index in [1.807, 2.05) is 19.9 Å². The monoisotopic (exact) mass is 324 g/mol. The smallest absolute Gasteiger partial charge is 0.180 e. The van der Waals surface area contributed by atoms with E-state index >= 15 is 0 Å². The van der Waals surface area contributed by atoms with Crippen LogP contribution < -0.4 is 5.73 Å². The first kappa shape index (κ1) is 18.1. The highest BCUT2D eigenvalue weighted by molar-refractivity contribution is 5.73. The predicted molar refractivity (Wildman–Crippen MR) is 104 cm³/mol. The van der Waals surface area contributed by atoms with Crippen molar-refractivity contribution in [2.24, 2.45) is 4.99 Å². The van der Waals surface area contributed by atoms with Crippen LogP contribution in [0.3, 0.4) is 0 Å². The van der Waals surface area contributed by atoms with Crippen molar-refractivity contribution >= 4 is 11.6 Å². The van der Waals surface area contributed by atoms with Gasteiger partial charge in [-0.05, 0) is 55.2 Å². The van der Waals surface area contributed by atoms with E-state index in [4.69, 9.17) is 10.5 Å². The van der Waals surface area contributed by atoms with E-state index in [1.54, 1.807) is 7.05 Å². The van der Waals surface area contributed by atoms with Gasteiger partial charge in [0.1, 0.15) is 5.60 Å². The number of nitrogens with two attached hydrogens (primary N) is 1. The third kappa shape index (κ3) is 3.97. The van der Waals surface area contributed by atoms with Crippen LogP contribution in [0.15, 0.2) is 47.5 Å². The van der Waals surface area contributed by atoms with Crippen LogP contribution in [0.2, 0.25) is 0 Å². The van der Waals surface area contributed by atoms with Gasteiger partial charge in [0, 0.05) is 25.6 Å². The Morgan fingerprint density at radius 2 is 1.67 bits per heavy atom. The molecular weight excluding hydrogens is 296 g/mol. The number of hydrogen-bond acceptors (Lipinski definition) is 3. The summed E-state index contributed by atoms with van der Waals surface area (Å²) >= 11 is 0. The second kappa shape index (κ2) is 7.08. The molecule has 0 aromatic heterocycles. The molecule has 0 aliphatic heterocycles. The minimum Gasteiger partial charge on any atom is -0.475 e. The summed E-state index contributed by atoms with van der Waals surface area (Å²) in [6, 6.07) is 14.8. The van der Waals surface area contributed by atoms with Crippen molar-refractivity contribution in [1.82, 2.24) is 0 Å². The molecule has 0 fully saturated rings. The average Bonchev–Trinajstić information content (AvgIpc) is 2.56. The highest BCUT2D eigenvalue weighted by Crippen LogP contribution is 2.32. The third-order valence-corrected chi connectivity index (χ3v) is 4.78. The molecular formula is C21H28N2O. The number of nitrogens with zero attached hydrogens (tertiary/aromatic N) is 1. The fraction of sp³-hybridized carbons (Fsp3) is 0.381. The van der Waals surface area contributed by atoms with Crippen molar-refractivity contribution in [3.05, 3.63) is 53.6 Å². The van der Waals surface area contributed by atoms with Gasteiger partial charge in [-0.1, -0.05) is 37.3 Å². The van der Waals surface area contributed by atoms with Gasteiger partial charge in [0.25, 0.3) is 0 Å². The van der Waals surface area contributed by atoms with Crippen molar-refractivity contribution in [2.45, 2.75) is 46.1 Å². The number of benzene rings is 2. The molecule has 0 radical (unpaired) electrons. The van der Waals surface area contributed by atoms with Gasteiger partial charge < -0.3 is 10.5 Å². The first-order chi connectivity index (χ1) is 11.2. The van der Waals surface area contributed by atoms with Gasteiger partial charge in [-0.3, -0.25) is 4.99 Å². The summed E-state index contributed by atoms with van der Waals surface area (Å²) in [5.74, 6) is 0.956. The molecule has 0 amide bonds. The van der Waals surface area contributed by atoms with Crippen LogP contribution in [0.1, 0.15) is 44.7 Å². The van der Waals surface area contributed by atoms with E-state index in [-0.39, 0.29) is 11.5 Å². The Balaban J connectivity index is 2.23. The Morgan fingerprint density at radius 1 is 1.08 bits per heavy atom. The van der Waals surface area contributed by atoms with Crippen LogP contribution in [0.5, 0.6) is 0 Å². The maximum Gasteiger partial charge on any atom is 0.180 e. The number of ether oxygens (including phenoxy) is 1. The molecule has 0 saturated heterocycles. The molecule has 1 atom stereocenters. The minimum atomic E-state index is -0.317. The van der Waals surface area contributed by atoms with Crippen LogP contribution in [0.4, 0.5) is 5.69 Å². The van der Waals surface area contributed by atoms with Gasteiger partial charge in [0.2, 0.25) is 0 Å². The molecule has 24 heavy (non-hydrogen) atoms. The Kier molecular flexibility index (Phi) is 5.33. The van der Waals surface area contributed by atoms with Crippen LogP contribution in [0.25, 0.3) is 11.1 Å². The Bertz CT molecular complexity index is 730. The Morgan fingerprint density at radius 3 is 2.21 bits per heavy atom. The summed E-state index contributed by atoms with van der Waals surface area (Å²) in [7, 11) is 1.75. The number of anilines is 1. The number of aryl methyl sites for hydroxylation is 1. The van der Waals surface area contributed by atoms with Crippen LogP contribution >= 0.6 is 0 Å². The Labute approximate surface area is 145 Å². The van der Waals surface area contributed by atoms with E-state index in [0.29, 0.717) is 5.90 Å². The zero-order valence-corrected chi connectivity index (χ0v) is 15.6. The molecule has 1 unspecified atom stereocenters. The molecule has 0 spiro atoms. The fourth-order valence-electron chi connectivity index (χ4n) is 2.74. The Hall–Kier alpha value is -2.29. The summed E-state index contributed by atoms with van der Waals surface area (Å²) in [4.78, 5) is 4.10. The van der Waals surface area contributed by atoms with Crippen LogP contribution in [-0.2, 0) is 4.74 Å². The lowest BCUT2D eigenvalue weighted by atomic mass is 9.85. The number of aliphatic imine (C=N–C) groups is 1. The van der Waals surface area contributed by atoms with E-state index in [2.05, 4.69) is 62.2 Å². The summed E-state index contributed by atoms with van der Waals surface area (Å²) in [6.07, 6.45) is 0. The van der Waals surface area contributed by atoms with E-state index in [9.17, 15) is 0 Å². The summed E-state index contributed by atoms with van der Waals surface area (Å²) in [5, 5.41) is 0. The number of hydrogen-bond donors (Lipinski definition) is 1. The number of nitrogen functional groups attached to an aromatic ring is 1. The van der Waals surface area contributed by atoms with Crippen molar-refractivity contribution in [3.63, 3.8) is 0 Å². The second-order valence-corrected chi connectivity index (χ2v) is 6.86. The lowest BCUT2D eigenvalue weighted by Gasteiger charge is -2.32. The van der Waals surface area contributed by atoms with Crippen molar-refractivity contribution in [2.75, 3.05) is 12.8 Å². The minimum absolute atomic E-state index is 0.247. The molecule has 2 N–H and O–H groups in total. The molecule has 2 rings (SSSR count). The highest BCUT2D eigenvalue weighted by Gasteiger charge is 2.29. The second-order valence-electron chi connectivity index (χ2n) is 6.86. The molecule has 0 aliphatic rings. The molecule has 2 aromatic rings. The van der Waals surface area contributed by atoms with Crippen molar-refractivity contribution < 1.29 is 4.74 Å². The first-order valence-corrected chi connectivity index (χ1v) is 8.33. The van der Waals surface area contributed by atoms with Gasteiger partial charge >= 0.3 is 0 Å². The van der Waals surface area contributed by atoms with Crippen LogP contribution in [-0.4, -0.2) is 18.5 Å². The molecule has 3 heteroatoms. The fourth-order valence-corrected chi connectivity index (χ4v) is 2.74. The van der Waals surface area contributed by atoms with Gasteiger partial charge in [0.15, 0.2) is 5.90 Å². The van der Waals surface area contributed by atoms with Gasteiger partial charge in [0.05, 0.1) is 0 Å². The van der Waals surface area contributed by atoms with E-state index in [0.717, 1.165) is 11.3 Å². The molecule has 3 nitrogen and oxygen atoms in total. The van der Waals surface area contributed by atoms with Crippen LogP contribution in [0, 0.1) is 6.92 Å². The maximum atomic E-state index is 5.98. The lowest BCUT2D eigenvalue weighted by Crippen LogP contribution is -2.33. The zero-order chi connectivity index (χ0) is 17.9. The van der Waals surface area contributed by atoms with Gasteiger partial charge in [-0.2, -0.15) is 0 Å². The molecule has 0 aliphatic carbocycles. The topological polar surface area (TPSA) is 47.6 Å². The molecule has 0 bridgehead atoms. The predicted octanol–water partition coefficient (Wildman–Crippen LogP) is 5.19. The quantitative estimate of drug-likeness (QED) is 0.478. The largest absolute Gasteiger partial charge is 0.475 e. The lowest BCUT2D eigenvalue weighted by molar-refractivity contribution is 0.0693. The first-order valence-electron chi connectivity index (χ1n) is 8.33. The van der Waals surface area contributed by atoms with Crippen molar-refractivity contribution in [3.8, 4) is 11.1 Å². The summed E-state index contributed by atoms with van der Waals surface area (Å²) in [5.41, 5.74) is 11.2. The summed E-state index contributed by atoms with van der Waals surface area (Å²) in [6.45, 7) is 10.3. The van der Waals surface area contributed by atoms with Gasteiger partial charge in [-0.15, -0.1) is 0 Å². The number of rotatable bonds is 4. The molecule has 0 heterocycles. The molecule has 0 saturated carbocycles. The average molecular weight is 324 g/mol. The van der Waals surface area contributed by atoms with E-state index in [1.165, 1.54) is 16.7 Å². The van der Waals surface area contributed by atoms with Gasteiger partial charge in [-0.25, -0.2) is 0 Å². The normalized spacial score (nSPS) is 13.7. The highest BCUT2D eigenvalue weighted by atomic mass is 16.5. The standard InChI is InChI=1S/C21H28N2O/c1-14-13-19(11-12-20(14)22)18-9-7-17(8-10-18)15(2)21(4,5)24-16(3)23-6/h7-13,15H,22H2,1-6H3. The summed E-state index contributed by atoms with van der Waals surface area (Å²) < 4.78 is 5.98. The van der Waals surface area contributed by atoms with Crippen molar-refractivity contribution in [1.29, 1.82) is 0 Å². The SMILES string of the molecule is CN=C(C)OC(C)(C)C(C)c1ccc(-c2ccc(N)c(C)c2)cc1. The van der Waals surface area contributed by atoms with E-state index < -0.39 is 0 Å². The molecule has 2 aromatic carbocycles. The zero-order valence-electron chi connectivity index (χ0n) is 15.6. The molecule has 128 valence electrons.